The van der Waals surface area contributed by atoms with Crippen LogP contribution in [0.1, 0.15) is 5.56 Å². The number of benzene rings is 1. The molecule has 5 heteroatoms. The number of anilines is 3. The Bertz CT molecular complexity index is 664. The lowest BCUT2D eigenvalue weighted by Crippen LogP contribution is -2.19. The molecule has 4 nitrogen and oxygen atoms in total. The maximum atomic E-state index is 13.8. The normalized spacial score (nSPS) is 10.3. The Balaban J connectivity index is 2.48. The van der Waals surface area contributed by atoms with E-state index in [9.17, 15) is 9.18 Å². The molecule has 0 aliphatic heterocycles. The molecule has 1 aromatic carbocycles. The average Bonchev–Trinajstić information content (AvgIpc) is 2.38. The molecule has 0 amide bonds. The first-order chi connectivity index (χ1) is 9.02. The summed E-state index contributed by atoms with van der Waals surface area (Å²) in [6.07, 6.45) is 0. The zero-order valence-electron chi connectivity index (χ0n) is 11.1. The van der Waals surface area contributed by atoms with Gasteiger partial charge in [0.25, 0.3) is 5.56 Å². The summed E-state index contributed by atoms with van der Waals surface area (Å²) >= 11 is 0. The second kappa shape index (κ2) is 5.14. The van der Waals surface area contributed by atoms with Crippen LogP contribution >= 0.6 is 0 Å². The molecule has 0 aliphatic carbocycles. The van der Waals surface area contributed by atoms with Gasteiger partial charge in [-0.25, -0.2) is 4.39 Å². The fourth-order valence-electron chi connectivity index (χ4n) is 1.84. The SMILES string of the molecule is CNc1ccc(=O)n(C)c1Nc1ccc(C)cc1F. The molecule has 19 heavy (non-hydrogen) atoms. The van der Waals surface area contributed by atoms with Crippen molar-refractivity contribution >= 4 is 17.2 Å². The molecule has 0 unspecified atom stereocenters. The number of aromatic nitrogens is 1. The number of nitrogens with zero attached hydrogens (tertiary/aromatic N) is 1. The van der Waals surface area contributed by atoms with Crippen LogP contribution in [0.4, 0.5) is 21.6 Å². The highest BCUT2D eigenvalue weighted by Gasteiger charge is 2.09. The summed E-state index contributed by atoms with van der Waals surface area (Å²) < 4.78 is 15.3. The van der Waals surface area contributed by atoms with E-state index in [0.717, 1.165) is 11.3 Å². The summed E-state index contributed by atoms with van der Waals surface area (Å²) in [5.41, 5.74) is 1.75. The summed E-state index contributed by atoms with van der Waals surface area (Å²) in [6, 6.07) is 8.04. The predicted molar refractivity (Wildman–Crippen MR) is 75.6 cm³/mol. The van der Waals surface area contributed by atoms with E-state index in [0.29, 0.717) is 11.5 Å². The summed E-state index contributed by atoms with van der Waals surface area (Å²) in [5, 5.41) is 5.92. The fraction of sp³-hybridized carbons (Fsp3) is 0.214. The van der Waals surface area contributed by atoms with Crippen LogP contribution < -0.4 is 16.2 Å². The largest absolute Gasteiger partial charge is 0.385 e. The van der Waals surface area contributed by atoms with Crippen LogP contribution in [0.5, 0.6) is 0 Å². The molecule has 1 aromatic heterocycles. The van der Waals surface area contributed by atoms with E-state index in [-0.39, 0.29) is 11.4 Å². The number of nitrogens with one attached hydrogen (secondary N) is 2. The molecule has 1 heterocycles. The van der Waals surface area contributed by atoms with E-state index in [1.165, 1.54) is 16.7 Å². The molecule has 100 valence electrons. The van der Waals surface area contributed by atoms with Gasteiger partial charge in [-0.05, 0) is 30.7 Å². The smallest absolute Gasteiger partial charge is 0.251 e. The quantitative estimate of drug-likeness (QED) is 0.892. The van der Waals surface area contributed by atoms with E-state index in [1.807, 2.05) is 13.0 Å². The van der Waals surface area contributed by atoms with Crippen molar-refractivity contribution in [3.05, 3.63) is 52.1 Å². The van der Waals surface area contributed by atoms with Crippen molar-refractivity contribution in [2.24, 2.45) is 7.05 Å². The third-order valence-corrected chi connectivity index (χ3v) is 2.96. The Morgan fingerprint density at radius 3 is 2.47 bits per heavy atom. The zero-order valence-corrected chi connectivity index (χ0v) is 11.1. The van der Waals surface area contributed by atoms with Gasteiger partial charge in [-0.2, -0.15) is 0 Å². The third kappa shape index (κ3) is 2.59. The van der Waals surface area contributed by atoms with E-state index >= 15 is 0 Å². The minimum Gasteiger partial charge on any atom is -0.385 e. The summed E-state index contributed by atoms with van der Waals surface area (Å²) in [7, 11) is 3.38. The lowest BCUT2D eigenvalue weighted by Gasteiger charge is -2.16. The maximum Gasteiger partial charge on any atom is 0.251 e. The first kappa shape index (κ1) is 13.1. The minimum absolute atomic E-state index is 0.158. The first-order valence-corrected chi connectivity index (χ1v) is 5.94. The molecule has 0 atom stereocenters. The molecule has 2 N–H and O–H groups in total. The highest BCUT2D eigenvalue weighted by Crippen LogP contribution is 2.25. The molecule has 0 saturated carbocycles. The monoisotopic (exact) mass is 261 g/mol. The Morgan fingerprint density at radius 2 is 1.84 bits per heavy atom. The lowest BCUT2D eigenvalue weighted by molar-refractivity contribution is 0.630. The van der Waals surface area contributed by atoms with Gasteiger partial charge in [0, 0.05) is 20.2 Å². The van der Waals surface area contributed by atoms with Gasteiger partial charge in [-0.15, -0.1) is 0 Å². The summed E-state index contributed by atoms with van der Waals surface area (Å²) in [4.78, 5) is 11.6. The van der Waals surface area contributed by atoms with Crippen LogP contribution in [0.2, 0.25) is 0 Å². The van der Waals surface area contributed by atoms with Crippen molar-refractivity contribution < 1.29 is 4.39 Å². The minimum atomic E-state index is -0.349. The fourth-order valence-corrected chi connectivity index (χ4v) is 1.84. The Hall–Kier alpha value is -2.30. The van der Waals surface area contributed by atoms with Crippen molar-refractivity contribution in [2.75, 3.05) is 17.7 Å². The van der Waals surface area contributed by atoms with E-state index < -0.39 is 0 Å². The number of halogens is 1. The van der Waals surface area contributed by atoms with Crippen molar-refractivity contribution in [1.82, 2.24) is 4.57 Å². The van der Waals surface area contributed by atoms with Gasteiger partial charge in [-0.3, -0.25) is 9.36 Å². The van der Waals surface area contributed by atoms with Crippen LogP contribution in [0.15, 0.2) is 35.1 Å². The Morgan fingerprint density at radius 1 is 1.16 bits per heavy atom. The molecule has 0 saturated heterocycles. The third-order valence-electron chi connectivity index (χ3n) is 2.96. The van der Waals surface area contributed by atoms with Crippen molar-refractivity contribution in [2.45, 2.75) is 6.92 Å². The predicted octanol–water partition coefficient (Wildman–Crippen LogP) is 2.62. The Labute approximate surface area is 110 Å². The standard InChI is InChI=1S/C14H16FN3O/c1-9-4-5-11(10(15)8-9)17-14-12(16-2)6-7-13(19)18(14)3/h4-8,16-17H,1-3H3. The van der Waals surface area contributed by atoms with Gasteiger partial charge >= 0.3 is 0 Å². The molecule has 0 fully saturated rings. The number of hydrogen-bond acceptors (Lipinski definition) is 3. The van der Waals surface area contributed by atoms with Gasteiger partial charge in [0.2, 0.25) is 0 Å². The number of rotatable bonds is 3. The summed E-state index contributed by atoms with van der Waals surface area (Å²) in [6.45, 7) is 1.82. The Kier molecular flexibility index (Phi) is 3.55. The molecule has 0 radical (unpaired) electrons. The summed E-state index contributed by atoms with van der Waals surface area (Å²) in [5.74, 6) is 0.177. The molecular formula is C14H16FN3O. The van der Waals surface area contributed by atoms with E-state index in [2.05, 4.69) is 10.6 Å². The van der Waals surface area contributed by atoms with Crippen LogP contribution in [0, 0.1) is 12.7 Å². The van der Waals surface area contributed by atoms with Crippen molar-refractivity contribution in [1.29, 1.82) is 0 Å². The maximum absolute atomic E-state index is 13.8. The topological polar surface area (TPSA) is 46.1 Å². The van der Waals surface area contributed by atoms with Crippen molar-refractivity contribution in [3.63, 3.8) is 0 Å². The van der Waals surface area contributed by atoms with Crippen LogP contribution in [-0.4, -0.2) is 11.6 Å². The van der Waals surface area contributed by atoms with E-state index in [1.54, 1.807) is 26.2 Å². The van der Waals surface area contributed by atoms with Gasteiger partial charge < -0.3 is 10.6 Å². The van der Waals surface area contributed by atoms with Gasteiger partial charge in [-0.1, -0.05) is 6.07 Å². The van der Waals surface area contributed by atoms with Gasteiger partial charge in [0.05, 0.1) is 11.4 Å². The van der Waals surface area contributed by atoms with Crippen LogP contribution in [-0.2, 0) is 7.05 Å². The average molecular weight is 261 g/mol. The second-order valence-corrected chi connectivity index (χ2v) is 4.35. The molecule has 2 aromatic rings. The lowest BCUT2D eigenvalue weighted by atomic mass is 10.2. The molecule has 0 spiro atoms. The van der Waals surface area contributed by atoms with Crippen LogP contribution in [0.25, 0.3) is 0 Å². The molecule has 0 bridgehead atoms. The van der Waals surface area contributed by atoms with Crippen molar-refractivity contribution in [3.8, 4) is 0 Å². The molecular weight excluding hydrogens is 245 g/mol. The van der Waals surface area contributed by atoms with E-state index in [4.69, 9.17) is 0 Å². The first-order valence-electron chi connectivity index (χ1n) is 5.94. The number of hydrogen-bond donors (Lipinski definition) is 2. The van der Waals surface area contributed by atoms with Gasteiger partial charge in [0.15, 0.2) is 0 Å². The number of pyridine rings is 1. The van der Waals surface area contributed by atoms with Gasteiger partial charge in [0.1, 0.15) is 11.6 Å². The second-order valence-electron chi connectivity index (χ2n) is 4.35. The molecule has 2 rings (SSSR count). The van der Waals surface area contributed by atoms with Crippen LogP contribution in [0.3, 0.4) is 0 Å². The highest BCUT2D eigenvalue weighted by molar-refractivity contribution is 5.71. The zero-order chi connectivity index (χ0) is 14.0. The number of aryl methyl sites for hydroxylation is 1. The highest BCUT2D eigenvalue weighted by atomic mass is 19.1. The molecule has 0 aliphatic rings.